The van der Waals surface area contributed by atoms with Gasteiger partial charge in [0, 0.05) is 13.1 Å². The van der Waals surface area contributed by atoms with Gasteiger partial charge in [-0.1, -0.05) is 51.7 Å². The lowest BCUT2D eigenvalue weighted by atomic mass is 10.1. The number of aromatic nitrogens is 3. The summed E-state index contributed by atoms with van der Waals surface area (Å²) < 4.78 is 1.75. The number of carbonyl (C=O) groups is 1. The fourth-order valence-corrected chi connectivity index (χ4v) is 2.01. The molecular weight excluding hydrogens is 252 g/mol. The smallest absolute Gasteiger partial charge is 0.273 e. The van der Waals surface area contributed by atoms with Crippen LogP contribution < -0.4 is 5.32 Å². The second-order valence-electron chi connectivity index (χ2n) is 5.72. The third-order valence-electron chi connectivity index (χ3n) is 3.26. The van der Waals surface area contributed by atoms with E-state index in [0.717, 1.165) is 31.7 Å². The van der Waals surface area contributed by atoms with Gasteiger partial charge in [0.2, 0.25) is 0 Å². The van der Waals surface area contributed by atoms with Crippen LogP contribution in [0.1, 0.15) is 69.8 Å². The fraction of sp³-hybridized carbons (Fsp3) is 0.800. The van der Waals surface area contributed by atoms with E-state index in [2.05, 4.69) is 36.4 Å². The van der Waals surface area contributed by atoms with Gasteiger partial charge < -0.3 is 5.32 Å². The van der Waals surface area contributed by atoms with Gasteiger partial charge in [0.15, 0.2) is 5.69 Å². The lowest BCUT2D eigenvalue weighted by molar-refractivity contribution is 0.0948. The predicted molar refractivity (Wildman–Crippen MR) is 80.6 cm³/mol. The Morgan fingerprint density at radius 2 is 2.10 bits per heavy atom. The number of hydrogen-bond donors (Lipinski definition) is 1. The highest BCUT2D eigenvalue weighted by Crippen LogP contribution is 2.05. The van der Waals surface area contributed by atoms with Crippen LogP contribution in [0.2, 0.25) is 0 Å². The number of carbonyl (C=O) groups excluding carboxylic acids is 1. The standard InChI is InChI=1S/C15H28N4O/c1-4-5-8-11-19-12-14(17-18-19)15(20)16-10-7-6-9-13(2)3/h12-13H,4-11H2,1-3H3,(H,16,20). The third kappa shape index (κ3) is 6.68. The van der Waals surface area contributed by atoms with Crippen LogP contribution in [0.4, 0.5) is 0 Å². The van der Waals surface area contributed by atoms with E-state index in [0.29, 0.717) is 12.2 Å². The summed E-state index contributed by atoms with van der Waals surface area (Å²) in [6.45, 7) is 8.15. The van der Waals surface area contributed by atoms with Crippen molar-refractivity contribution in [3.05, 3.63) is 11.9 Å². The number of aryl methyl sites for hydroxylation is 1. The van der Waals surface area contributed by atoms with E-state index in [9.17, 15) is 4.79 Å². The van der Waals surface area contributed by atoms with Crippen LogP contribution in [0.15, 0.2) is 6.20 Å². The van der Waals surface area contributed by atoms with Crippen LogP contribution in [0.25, 0.3) is 0 Å². The quantitative estimate of drug-likeness (QED) is 0.670. The van der Waals surface area contributed by atoms with Crippen LogP contribution in [0, 0.1) is 5.92 Å². The summed E-state index contributed by atoms with van der Waals surface area (Å²) in [5, 5.41) is 10.8. The first-order valence-electron chi connectivity index (χ1n) is 7.81. The minimum atomic E-state index is -0.115. The Balaban J connectivity index is 2.22. The van der Waals surface area contributed by atoms with Crippen molar-refractivity contribution in [1.29, 1.82) is 0 Å². The van der Waals surface area contributed by atoms with Crippen LogP contribution in [0.5, 0.6) is 0 Å². The van der Waals surface area contributed by atoms with E-state index in [4.69, 9.17) is 0 Å². The molecule has 1 N–H and O–H groups in total. The van der Waals surface area contributed by atoms with Crippen molar-refractivity contribution in [1.82, 2.24) is 20.3 Å². The minimum Gasteiger partial charge on any atom is -0.351 e. The summed E-state index contributed by atoms with van der Waals surface area (Å²) in [5.41, 5.74) is 0.422. The lowest BCUT2D eigenvalue weighted by Gasteiger charge is -2.05. The predicted octanol–water partition coefficient (Wildman–Crippen LogP) is 3.02. The molecule has 1 aromatic rings. The molecule has 0 radical (unpaired) electrons. The Kier molecular flexibility index (Phi) is 7.92. The molecule has 0 bridgehead atoms. The minimum absolute atomic E-state index is 0.115. The number of nitrogens with zero attached hydrogens (tertiary/aromatic N) is 3. The van der Waals surface area contributed by atoms with Gasteiger partial charge in [0.25, 0.3) is 5.91 Å². The highest BCUT2D eigenvalue weighted by molar-refractivity contribution is 5.91. The SMILES string of the molecule is CCCCCn1cc(C(=O)NCCCCC(C)C)nn1. The van der Waals surface area contributed by atoms with Crippen LogP contribution in [-0.4, -0.2) is 27.4 Å². The van der Waals surface area contributed by atoms with Crippen LogP contribution in [0.3, 0.4) is 0 Å². The van der Waals surface area contributed by atoms with Crippen LogP contribution in [-0.2, 0) is 6.54 Å². The van der Waals surface area contributed by atoms with Gasteiger partial charge in [-0.2, -0.15) is 0 Å². The van der Waals surface area contributed by atoms with Crippen molar-refractivity contribution in [3.8, 4) is 0 Å². The number of rotatable bonds is 10. The van der Waals surface area contributed by atoms with E-state index in [1.807, 2.05) is 0 Å². The molecule has 1 aromatic heterocycles. The van der Waals surface area contributed by atoms with Crippen molar-refractivity contribution in [2.45, 2.75) is 65.8 Å². The van der Waals surface area contributed by atoms with Gasteiger partial charge in [0.05, 0.1) is 6.20 Å². The molecule has 0 aliphatic carbocycles. The molecule has 0 saturated carbocycles. The van der Waals surface area contributed by atoms with E-state index in [-0.39, 0.29) is 5.91 Å². The van der Waals surface area contributed by atoms with Gasteiger partial charge in [-0.05, 0) is 18.8 Å². The molecule has 0 aliphatic rings. The average Bonchev–Trinajstić information content (AvgIpc) is 2.87. The van der Waals surface area contributed by atoms with Crippen molar-refractivity contribution in [2.24, 2.45) is 5.92 Å². The third-order valence-corrected chi connectivity index (χ3v) is 3.26. The number of nitrogens with one attached hydrogen (secondary N) is 1. The van der Waals surface area contributed by atoms with Crippen molar-refractivity contribution >= 4 is 5.91 Å². The Labute approximate surface area is 122 Å². The Morgan fingerprint density at radius 1 is 1.30 bits per heavy atom. The van der Waals surface area contributed by atoms with Gasteiger partial charge >= 0.3 is 0 Å². The van der Waals surface area contributed by atoms with Crippen molar-refractivity contribution < 1.29 is 4.79 Å². The Hall–Kier alpha value is -1.39. The zero-order valence-electron chi connectivity index (χ0n) is 13.1. The normalized spacial score (nSPS) is 11.0. The number of unbranched alkanes of at least 4 members (excludes halogenated alkanes) is 3. The maximum atomic E-state index is 11.9. The molecule has 0 fully saturated rings. The highest BCUT2D eigenvalue weighted by atomic mass is 16.2. The average molecular weight is 280 g/mol. The molecular formula is C15H28N4O. The van der Waals surface area contributed by atoms with Gasteiger partial charge in [-0.25, -0.2) is 0 Å². The molecule has 1 amide bonds. The number of hydrogen-bond acceptors (Lipinski definition) is 3. The Bertz CT molecular complexity index is 387. The molecule has 0 aromatic carbocycles. The summed E-state index contributed by atoms with van der Waals surface area (Å²) in [5.74, 6) is 0.616. The molecule has 0 spiro atoms. The molecule has 114 valence electrons. The maximum absolute atomic E-state index is 11.9. The zero-order chi connectivity index (χ0) is 14.8. The van der Waals surface area contributed by atoms with Crippen molar-refractivity contribution in [3.63, 3.8) is 0 Å². The first kappa shape index (κ1) is 16.7. The summed E-state index contributed by atoms with van der Waals surface area (Å²) in [6.07, 6.45) is 8.56. The first-order chi connectivity index (χ1) is 9.63. The summed E-state index contributed by atoms with van der Waals surface area (Å²) in [7, 11) is 0. The van der Waals surface area contributed by atoms with Crippen LogP contribution >= 0.6 is 0 Å². The topological polar surface area (TPSA) is 59.8 Å². The molecule has 5 nitrogen and oxygen atoms in total. The second kappa shape index (κ2) is 9.50. The second-order valence-corrected chi connectivity index (χ2v) is 5.72. The highest BCUT2D eigenvalue weighted by Gasteiger charge is 2.09. The maximum Gasteiger partial charge on any atom is 0.273 e. The van der Waals surface area contributed by atoms with Gasteiger partial charge in [0.1, 0.15) is 0 Å². The number of amides is 1. The fourth-order valence-electron chi connectivity index (χ4n) is 2.01. The monoisotopic (exact) mass is 280 g/mol. The van der Waals surface area contributed by atoms with Gasteiger partial charge in [-0.3, -0.25) is 9.48 Å². The van der Waals surface area contributed by atoms with Gasteiger partial charge in [-0.15, -0.1) is 5.10 Å². The molecule has 1 rings (SSSR count). The molecule has 0 atom stereocenters. The molecule has 0 saturated heterocycles. The largest absolute Gasteiger partial charge is 0.351 e. The van der Waals surface area contributed by atoms with Crippen molar-refractivity contribution in [2.75, 3.05) is 6.54 Å². The van der Waals surface area contributed by atoms with E-state index >= 15 is 0 Å². The van der Waals surface area contributed by atoms with E-state index < -0.39 is 0 Å². The van der Waals surface area contributed by atoms with E-state index in [1.165, 1.54) is 19.3 Å². The first-order valence-corrected chi connectivity index (χ1v) is 7.81. The Morgan fingerprint density at radius 3 is 2.80 bits per heavy atom. The molecule has 0 unspecified atom stereocenters. The van der Waals surface area contributed by atoms with E-state index in [1.54, 1.807) is 10.9 Å². The lowest BCUT2D eigenvalue weighted by Crippen LogP contribution is -2.24. The molecule has 0 aliphatic heterocycles. The molecule has 20 heavy (non-hydrogen) atoms. The molecule has 5 heteroatoms. The summed E-state index contributed by atoms with van der Waals surface area (Å²) in [6, 6.07) is 0. The summed E-state index contributed by atoms with van der Waals surface area (Å²) >= 11 is 0. The zero-order valence-corrected chi connectivity index (χ0v) is 13.1. The molecule has 1 heterocycles. The summed E-state index contributed by atoms with van der Waals surface area (Å²) in [4.78, 5) is 11.9.